The van der Waals surface area contributed by atoms with Crippen LogP contribution >= 0.6 is 11.3 Å². The molecule has 5 heteroatoms. The van der Waals surface area contributed by atoms with Crippen LogP contribution in [0.2, 0.25) is 0 Å². The molecule has 2 rings (SSSR count). The van der Waals surface area contributed by atoms with E-state index in [1.54, 1.807) is 11.3 Å². The zero-order chi connectivity index (χ0) is 11.5. The van der Waals surface area contributed by atoms with Gasteiger partial charge in [0, 0.05) is 6.54 Å². The van der Waals surface area contributed by atoms with Crippen molar-refractivity contribution in [2.24, 2.45) is 0 Å². The van der Waals surface area contributed by atoms with Gasteiger partial charge in [0.1, 0.15) is 0 Å². The Labute approximate surface area is 96.9 Å². The third kappa shape index (κ3) is 2.30. The molecule has 16 heavy (non-hydrogen) atoms. The lowest BCUT2D eigenvalue weighted by Crippen LogP contribution is -2.06. The van der Waals surface area contributed by atoms with E-state index in [4.69, 9.17) is 5.11 Å². The maximum Gasteiger partial charge on any atom is 0.305 e. The first-order valence-corrected chi connectivity index (χ1v) is 5.80. The van der Waals surface area contributed by atoms with Gasteiger partial charge in [-0.3, -0.25) is 4.79 Å². The van der Waals surface area contributed by atoms with Crippen molar-refractivity contribution in [2.45, 2.75) is 13.3 Å². The summed E-state index contributed by atoms with van der Waals surface area (Å²) in [4.78, 5) is 14.7. The largest absolute Gasteiger partial charge is 0.481 e. The first kappa shape index (κ1) is 10.9. The lowest BCUT2D eigenvalue weighted by molar-refractivity contribution is -0.136. The molecule has 0 bridgehead atoms. The summed E-state index contributed by atoms with van der Waals surface area (Å²) in [6.07, 6.45) is 0.106. The topological polar surface area (TPSA) is 62.2 Å². The molecular formula is C11H12N2O2S. The lowest BCUT2D eigenvalue weighted by atomic mass is 10.2. The summed E-state index contributed by atoms with van der Waals surface area (Å²) < 4.78 is 1.15. The van der Waals surface area contributed by atoms with E-state index >= 15 is 0 Å². The van der Waals surface area contributed by atoms with Gasteiger partial charge in [-0.15, -0.1) is 0 Å². The maximum atomic E-state index is 10.4. The first-order chi connectivity index (χ1) is 7.66. The van der Waals surface area contributed by atoms with Crippen LogP contribution in [0.1, 0.15) is 12.0 Å². The van der Waals surface area contributed by atoms with E-state index < -0.39 is 5.97 Å². The molecule has 0 saturated heterocycles. The number of aliphatic carboxylic acids is 1. The first-order valence-electron chi connectivity index (χ1n) is 4.98. The van der Waals surface area contributed by atoms with Gasteiger partial charge in [0.15, 0.2) is 5.13 Å². The lowest BCUT2D eigenvalue weighted by Gasteiger charge is -1.97. The predicted octanol–water partition coefficient (Wildman–Crippen LogP) is 2.49. The molecule has 4 nitrogen and oxygen atoms in total. The molecule has 1 aromatic heterocycles. The molecule has 0 spiro atoms. The van der Waals surface area contributed by atoms with Crippen molar-refractivity contribution < 1.29 is 9.90 Å². The summed E-state index contributed by atoms with van der Waals surface area (Å²) in [6, 6.07) is 5.97. The number of anilines is 1. The number of aromatic nitrogens is 1. The van der Waals surface area contributed by atoms with E-state index in [0.717, 1.165) is 15.3 Å². The van der Waals surface area contributed by atoms with Crippen molar-refractivity contribution >= 4 is 32.7 Å². The quantitative estimate of drug-likeness (QED) is 0.856. The second kappa shape index (κ2) is 4.49. The summed E-state index contributed by atoms with van der Waals surface area (Å²) in [5, 5.41) is 12.3. The van der Waals surface area contributed by atoms with Crippen molar-refractivity contribution in [1.82, 2.24) is 4.98 Å². The van der Waals surface area contributed by atoms with Crippen molar-refractivity contribution in [1.29, 1.82) is 0 Å². The highest BCUT2D eigenvalue weighted by Gasteiger charge is 2.05. The number of nitrogens with one attached hydrogen (secondary N) is 1. The summed E-state index contributed by atoms with van der Waals surface area (Å²) in [5.74, 6) is -0.801. The number of carboxylic acid groups (broad SMARTS) is 1. The van der Waals surface area contributed by atoms with Crippen LogP contribution in [0.3, 0.4) is 0 Å². The number of rotatable bonds is 4. The van der Waals surface area contributed by atoms with Crippen LogP contribution in [0.15, 0.2) is 18.2 Å². The average Bonchev–Trinajstić information content (AvgIpc) is 2.61. The number of aryl methyl sites for hydroxylation is 1. The summed E-state index contributed by atoms with van der Waals surface area (Å²) >= 11 is 1.56. The highest BCUT2D eigenvalue weighted by Crippen LogP contribution is 2.28. The summed E-state index contributed by atoms with van der Waals surface area (Å²) in [6.45, 7) is 2.45. The van der Waals surface area contributed by atoms with Gasteiger partial charge in [0.2, 0.25) is 0 Å². The fourth-order valence-electron chi connectivity index (χ4n) is 1.44. The Balaban J connectivity index is 2.14. The normalized spacial score (nSPS) is 10.6. The minimum absolute atomic E-state index is 0.106. The van der Waals surface area contributed by atoms with Gasteiger partial charge in [0.25, 0.3) is 0 Å². The Bertz CT molecular complexity index is 522. The zero-order valence-corrected chi connectivity index (χ0v) is 9.67. The number of hydrogen-bond donors (Lipinski definition) is 2. The van der Waals surface area contributed by atoms with Gasteiger partial charge in [0.05, 0.1) is 16.6 Å². The fourth-order valence-corrected chi connectivity index (χ4v) is 2.40. The van der Waals surface area contributed by atoms with Crippen LogP contribution in [0, 0.1) is 6.92 Å². The molecule has 0 unspecified atom stereocenters. The van der Waals surface area contributed by atoms with Gasteiger partial charge in [-0.25, -0.2) is 4.98 Å². The molecule has 84 valence electrons. The third-order valence-electron chi connectivity index (χ3n) is 2.23. The molecule has 2 aromatic rings. The highest BCUT2D eigenvalue weighted by molar-refractivity contribution is 7.22. The Hall–Kier alpha value is -1.62. The number of thiazole rings is 1. The Morgan fingerprint density at radius 2 is 2.38 bits per heavy atom. The van der Waals surface area contributed by atoms with Crippen molar-refractivity contribution in [3.8, 4) is 0 Å². The number of carbonyl (C=O) groups is 1. The van der Waals surface area contributed by atoms with Crippen LogP contribution in [0.5, 0.6) is 0 Å². The van der Waals surface area contributed by atoms with E-state index in [1.807, 2.05) is 25.1 Å². The van der Waals surface area contributed by atoms with Gasteiger partial charge < -0.3 is 10.4 Å². The molecule has 0 fully saturated rings. The third-order valence-corrected chi connectivity index (χ3v) is 3.39. The van der Waals surface area contributed by atoms with E-state index in [-0.39, 0.29) is 6.42 Å². The van der Waals surface area contributed by atoms with Crippen LogP contribution in [0.25, 0.3) is 10.2 Å². The molecule has 0 aliphatic heterocycles. The molecule has 2 N–H and O–H groups in total. The standard InChI is InChI=1S/C11H12N2O2S/c1-7-3-2-4-8-10(7)16-11(13-8)12-6-5-9(14)15/h2-4H,5-6H2,1H3,(H,12,13)(H,14,15). The zero-order valence-electron chi connectivity index (χ0n) is 8.86. The minimum atomic E-state index is -0.801. The fraction of sp³-hybridized carbons (Fsp3) is 0.273. The van der Waals surface area contributed by atoms with E-state index in [9.17, 15) is 4.79 Å². The molecule has 0 radical (unpaired) electrons. The second-order valence-corrected chi connectivity index (χ2v) is 4.51. The van der Waals surface area contributed by atoms with Crippen LogP contribution in [-0.2, 0) is 4.79 Å². The van der Waals surface area contributed by atoms with Gasteiger partial charge >= 0.3 is 5.97 Å². The summed E-state index contributed by atoms with van der Waals surface area (Å²) in [5.41, 5.74) is 2.16. The molecular weight excluding hydrogens is 224 g/mol. The van der Waals surface area contributed by atoms with Crippen LogP contribution in [-0.4, -0.2) is 22.6 Å². The van der Waals surface area contributed by atoms with E-state index in [0.29, 0.717) is 6.54 Å². The molecule has 0 aliphatic carbocycles. The van der Waals surface area contributed by atoms with Crippen LogP contribution in [0.4, 0.5) is 5.13 Å². The highest BCUT2D eigenvalue weighted by atomic mass is 32.1. The van der Waals surface area contributed by atoms with E-state index in [1.165, 1.54) is 5.56 Å². The molecule has 0 saturated carbocycles. The SMILES string of the molecule is Cc1cccc2nc(NCCC(=O)O)sc12. The maximum absolute atomic E-state index is 10.4. The molecule has 0 amide bonds. The number of fused-ring (bicyclic) bond motifs is 1. The number of benzene rings is 1. The Morgan fingerprint density at radius 3 is 3.06 bits per heavy atom. The molecule has 0 aliphatic rings. The van der Waals surface area contributed by atoms with Gasteiger partial charge in [-0.2, -0.15) is 0 Å². The molecule has 0 atom stereocenters. The van der Waals surface area contributed by atoms with Gasteiger partial charge in [-0.1, -0.05) is 23.5 Å². The van der Waals surface area contributed by atoms with Crippen molar-refractivity contribution in [3.05, 3.63) is 23.8 Å². The summed E-state index contributed by atoms with van der Waals surface area (Å²) in [7, 11) is 0. The number of nitrogens with zero attached hydrogens (tertiary/aromatic N) is 1. The van der Waals surface area contributed by atoms with Crippen LogP contribution < -0.4 is 5.32 Å². The Morgan fingerprint density at radius 1 is 1.56 bits per heavy atom. The molecule has 1 heterocycles. The Kier molecular flexibility index (Phi) is 3.05. The predicted molar refractivity (Wildman–Crippen MR) is 65.1 cm³/mol. The average molecular weight is 236 g/mol. The number of carboxylic acids is 1. The van der Waals surface area contributed by atoms with Gasteiger partial charge in [-0.05, 0) is 18.6 Å². The minimum Gasteiger partial charge on any atom is -0.481 e. The molecule has 1 aromatic carbocycles. The second-order valence-electron chi connectivity index (χ2n) is 3.51. The smallest absolute Gasteiger partial charge is 0.305 e. The number of hydrogen-bond acceptors (Lipinski definition) is 4. The van der Waals surface area contributed by atoms with E-state index in [2.05, 4.69) is 10.3 Å². The monoisotopic (exact) mass is 236 g/mol. The van der Waals surface area contributed by atoms with Crippen molar-refractivity contribution in [3.63, 3.8) is 0 Å². The van der Waals surface area contributed by atoms with Crippen molar-refractivity contribution in [2.75, 3.05) is 11.9 Å².